The Morgan fingerprint density at radius 3 is 2.43 bits per heavy atom. The highest BCUT2D eigenvalue weighted by molar-refractivity contribution is 7.89. The summed E-state index contributed by atoms with van der Waals surface area (Å²) in [6, 6.07) is 4.06. The number of sulfonamides is 1. The first-order valence-corrected chi connectivity index (χ1v) is 8.93. The molecule has 0 spiro atoms. The average Bonchev–Trinajstić information content (AvgIpc) is 3.14. The lowest BCUT2D eigenvalue weighted by Gasteiger charge is -2.08. The van der Waals surface area contributed by atoms with Crippen LogP contribution in [0.4, 0.5) is 5.69 Å². The van der Waals surface area contributed by atoms with Crippen LogP contribution in [0, 0.1) is 17.8 Å². The maximum Gasteiger partial charge on any atom is 0.238 e. The van der Waals surface area contributed by atoms with E-state index < -0.39 is 10.0 Å². The molecule has 2 saturated carbocycles. The first kappa shape index (κ1) is 14.8. The molecule has 7 heteroatoms. The molecule has 2 atom stereocenters. The highest BCUT2D eigenvalue weighted by Crippen LogP contribution is 2.55. The summed E-state index contributed by atoms with van der Waals surface area (Å²) in [5, 5.41) is 8.15. The molecule has 1 amide bonds. The lowest BCUT2D eigenvalue weighted by molar-refractivity contribution is -0.117. The Bertz CT molecular complexity index is 677. The topological polar surface area (TPSA) is 89.3 Å². The number of fused-ring (bicyclic) bond motifs is 1. The number of hydrogen-bond acceptors (Lipinski definition) is 3. The first-order valence-electron chi connectivity index (χ1n) is 7.01. The largest absolute Gasteiger partial charge is 0.324 e. The summed E-state index contributed by atoms with van der Waals surface area (Å²) in [6.45, 7) is 0. The van der Waals surface area contributed by atoms with Gasteiger partial charge >= 0.3 is 0 Å². The Labute approximate surface area is 128 Å². The van der Waals surface area contributed by atoms with E-state index in [1.807, 2.05) is 0 Å². The maximum absolute atomic E-state index is 12.3. The van der Waals surface area contributed by atoms with E-state index >= 15 is 0 Å². The highest BCUT2D eigenvalue weighted by atomic mass is 35.5. The van der Waals surface area contributed by atoms with Gasteiger partial charge in [-0.05, 0) is 42.9 Å². The van der Waals surface area contributed by atoms with E-state index in [0.29, 0.717) is 22.5 Å². The third-order valence-corrected chi connectivity index (χ3v) is 5.72. The number of hydrogen-bond donors (Lipinski definition) is 2. The molecule has 2 aliphatic rings. The van der Waals surface area contributed by atoms with Gasteiger partial charge < -0.3 is 5.32 Å². The van der Waals surface area contributed by atoms with Crippen LogP contribution >= 0.6 is 11.6 Å². The third kappa shape index (κ3) is 2.93. The Balaban J connectivity index is 1.77. The van der Waals surface area contributed by atoms with Crippen molar-refractivity contribution in [3.05, 3.63) is 23.2 Å². The molecule has 5 nitrogen and oxygen atoms in total. The molecular formula is C14H17ClN2O3S. The molecule has 1 aromatic carbocycles. The van der Waals surface area contributed by atoms with Crippen LogP contribution < -0.4 is 10.5 Å². The third-order valence-electron chi connectivity index (χ3n) is 4.48. The van der Waals surface area contributed by atoms with Crippen molar-refractivity contribution < 1.29 is 13.2 Å². The van der Waals surface area contributed by atoms with Gasteiger partial charge in [0.2, 0.25) is 15.9 Å². The maximum atomic E-state index is 12.3. The average molecular weight is 329 g/mol. The summed E-state index contributed by atoms with van der Waals surface area (Å²) in [5.41, 5.74) is 0.303. The van der Waals surface area contributed by atoms with Gasteiger partial charge in [0.15, 0.2) is 0 Å². The quantitative estimate of drug-likeness (QED) is 0.892. The summed E-state index contributed by atoms with van der Waals surface area (Å²) in [7, 11) is -3.81. The van der Waals surface area contributed by atoms with Crippen LogP contribution in [0.1, 0.15) is 25.7 Å². The molecule has 1 aromatic rings. The smallest absolute Gasteiger partial charge is 0.238 e. The van der Waals surface area contributed by atoms with Crippen LogP contribution in [0.2, 0.25) is 5.02 Å². The second-order valence-electron chi connectivity index (χ2n) is 5.81. The minimum Gasteiger partial charge on any atom is -0.324 e. The van der Waals surface area contributed by atoms with Crippen LogP contribution in [0.15, 0.2) is 23.1 Å². The lowest BCUT2D eigenvalue weighted by atomic mass is 10.0. The second-order valence-corrected chi connectivity index (χ2v) is 7.78. The fourth-order valence-electron chi connectivity index (χ4n) is 3.37. The number of nitrogens with two attached hydrogens (primary N) is 1. The molecular weight excluding hydrogens is 312 g/mol. The van der Waals surface area contributed by atoms with Crippen molar-refractivity contribution in [3.8, 4) is 0 Å². The van der Waals surface area contributed by atoms with Crippen LogP contribution in [-0.2, 0) is 14.8 Å². The van der Waals surface area contributed by atoms with Crippen molar-refractivity contribution in [1.82, 2.24) is 0 Å². The molecule has 0 saturated heterocycles. The number of rotatable bonds is 3. The Hall–Kier alpha value is -1.11. The zero-order chi connectivity index (χ0) is 15.2. The summed E-state index contributed by atoms with van der Waals surface area (Å²) in [5.74, 6) is 0.944. The van der Waals surface area contributed by atoms with Gasteiger partial charge in [-0.2, -0.15) is 0 Å². The number of carbonyl (C=O) groups is 1. The standard InChI is InChI=1S/C14H17ClN2O3S/c15-11-6-5-8(21(16,19)20)7-12(11)17-14(18)13-9-3-1-2-4-10(9)13/h5-7,9-10,13H,1-4H2,(H,17,18)(H2,16,19,20). The molecule has 0 radical (unpaired) electrons. The number of primary sulfonamides is 1. The van der Waals surface area contributed by atoms with E-state index in [4.69, 9.17) is 16.7 Å². The highest BCUT2D eigenvalue weighted by Gasteiger charge is 2.54. The Morgan fingerprint density at radius 2 is 1.86 bits per heavy atom. The molecule has 3 N–H and O–H groups in total. The van der Waals surface area contributed by atoms with Gasteiger partial charge in [0.05, 0.1) is 15.6 Å². The van der Waals surface area contributed by atoms with Gasteiger partial charge in [-0.15, -0.1) is 0 Å². The van der Waals surface area contributed by atoms with Crippen LogP contribution in [-0.4, -0.2) is 14.3 Å². The number of anilines is 1. The van der Waals surface area contributed by atoms with E-state index in [0.717, 1.165) is 12.8 Å². The second kappa shape index (κ2) is 5.26. The first-order chi connectivity index (χ1) is 9.88. The summed E-state index contributed by atoms with van der Waals surface area (Å²) < 4.78 is 22.7. The van der Waals surface area contributed by atoms with Gasteiger partial charge in [-0.3, -0.25) is 4.79 Å². The fraction of sp³-hybridized carbons (Fsp3) is 0.500. The Kier molecular flexibility index (Phi) is 3.71. The summed E-state index contributed by atoms with van der Waals surface area (Å²) >= 11 is 6.02. The molecule has 0 bridgehead atoms. The van der Waals surface area contributed by atoms with Crippen molar-refractivity contribution in [2.75, 3.05) is 5.32 Å². The number of nitrogens with one attached hydrogen (secondary N) is 1. The fourth-order valence-corrected chi connectivity index (χ4v) is 4.08. The van der Waals surface area contributed by atoms with Crippen molar-refractivity contribution in [1.29, 1.82) is 0 Å². The zero-order valence-electron chi connectivity index (χ0n) is 11.4. The molecule has 2 aliphatic carbocycles. The number of benzene rings is 1. The van der Waals surface area contributed by atoms with Crippen LogP contribution in [0.25, 0.3) is 0 Å². The van der Waals surface area contributed by atoms with Crippen LogP contribution in [0.3, 0.4) is 0 Å². The van der Waals surface area contributed by atoms with Gasteiger partial charge in [-0.25, -0.2) is 13.6 Å². The van der Waals surface area contributed by atoms with Crippen molar-refractivity contribution in [2.45, 2.75) is 30.6 Å². The van der Waals surface area contributed by atoms with E-state index in [1.54, 1.807) is 0 Å². The van der Waals surface area contributed by atoms with Crippen molar-refractivity contribution in [3.63, 3.8) is 0 Å². The number of halogens is 1. The summed E-state index contributed by atoms with van der Waals surface area (Å²) in [4.78, 5) is 12.2. The van der Waals surface area contributed by atoms with E-state index in [-0.39, 0.29) is 16.7 Å². The molecule has 0 aliphatic heterocycles. The van der Waals surface area contributed by atoms with Crippen LogP contribution in [0.5, 0.6) is 0 Å². The van der Waals surface area contributed by atoms with E-state index in [2.05, 4.69) is 5.32 Å². The molecule has 0 aromatic heterocycles. The molecule has 21 heavy (non-hydrogen) atoms. The van der Waals surface area contributed by atoms with Crippen molar-refractivity contribution in [2.24, 2.45) is 22.9 Å². The summed E-state index contributed by atoms with van der Waals surface area (Å²) in [6.07, 6.45) is 4.58. The lowest BCUT2D eigenvalue weighted by Crippen LogP contribution is -2.17. The number of carbonyl (C=O) groups excluding carboxylic acids is 1. The monoisotopic (exact) mass is 328 g/mol. The van der Waals surface area contributed by atoms with Gasteiger partial charge in [0.1, 0.15) is 0 Å². The Morgan fingerprint density at radius 1 is 1.24 bits per heavy atom. The van der Waals surface area contributed by atoms with Gasteiger partial charge in [-0.1, -0.05) is 24.4 Å². The van der Waals surface area contributed by atoms with E-state index in [1.165, 1.54) is 31.0 Å². The number of amides is 1. The van der Waals surface area contributed by atoms with Gasteiger partial charge in [0, 0.05) is 5.92 Å². The molecule has 0 heterocycles. The molecule has 3 rings (SSSR count). The SMILES string of the molecule is NS(=O)(=O)c1ccc(Cl)c(NC(=O)C2C3CCCCC32)c1. The predicted octanol–water partition coefficient (Wildman–Crippen LogP) is 2.36. The molecule has 2 unspecified atom stereocenters. The van der Waals surface area contributed by atoms with E-state index in [9.17, 15) is 13.2 Å². The minimum atomic E-state index is -3.81. The van der Waals surface area contributed by atoms with Gasteiger partial charge in [0.25, 0.3) is 0 Å². The molecule has 114 valence electrons. The minimum absolute atomic E-state index is 0.0432. The normalized spacial score (nSPS) is 27.8. The predicted molar refractivity (Wildman–Crippen MR) is 80.4 cm³/mol. The molecule has 2 fully saturated rings. The zero-order valence-corrected chi connectivity index (χ0v) is 13.0. The van der Waals surface area contributed by atoms with Crippen molar-refractivity contribution >= 4 is 33.2 Å².